The molecule has 6 unspecified atom stereocenters. The third-order valence-electron chi connectivity index (χ3n) is 22.1. The van der Waals surface area contributed by atoms with Gasteiger partial charge in [-0.1, -0.05) is 260 Å². The van der Waals surface area contributed by atoms with Crippen LogP contribution >= 0.6 is 0 Å². The first-order chi connectivity index (χ1) is 40.9. The highest BCUT2D eigenvalue weighted by Gasteiger charge is 2.84. The van der Waals surface area contributed by atoms with Crippen LogP contribution in [-0.2, 0) is 21.7 Å². The molecule has 6 aliphatic carbocycles. The zero-order valence-electron chi connectivity index (χ0n) is 49.3. The lowest BCUT2D eigenvalue weighted by molar-refractivity contribution is -0.231. The number of hydrogen-bond donors (Lipinski definition) is 0. The Morgan fingerprint density at radius 3 is 1.56 bits per heavy atom. The van der Waals surface area contributed by atoms with Crippen molar-refractivity contribution in [2.75, 3.05) is 4.90 Å². The molecular weight excluding hydrogens is 1010 g/mol. The van der Waals surface area contributed by atoms with E-state index in [0.29, 0.717) is 5.41 Å². The maximum Gasteiger partial charge on any atom is 0.0714 e. The normalized spacial score (nSPS) is 22.4. The first kappa shape index (κ1) is 50.0. The van der Waals surface area contributed by atoms with Crippen LogP contribution in [0.3, 0.4) is 0 Å². The number of anilines is 3. The Bertz CT molecular complexity index is 4430. The van der Waals surface area contributed by atoms with Crippen molar-refractivity contribution >= 4 is 27.8 Å². The Morgan fingerprint density at radius 1 is 0.369 bits per heavy atom. The van der Waals surface area contributed by atoms with Gasteiger partial charge in [0, 0.05) is 22.2 Å². The van der Waals surface area contributed by atoms with E-state index in [4.69, 9.17) is 0 Å². The van der Waals surface area contributed by atoms with Gasteiger partial charge in [-0.3, -0.25) is 0 Å². The molecular formula is C83H71N. The molecule has 0 radical (unpaired) electrons. The highest BCUT2D eigenvalue weighted by Crippen LogP contribution is 2.89. The Kier molecular flexibility index (Phi) is 10.6. The number of fused-ring (bicyclic) bond motifs is 12. The number of benzene rings is 11. The second kappa shape index (κ2) is 17.8. The fourth-order valence-corrected chi connectivity index (χ4v) is 18.7. The lowest BCUT2D eigenvalue weighted by atomic mass is 9.27. The van der Waals surface area contributed by atoms with Gasteiger partial charge >= 0.3 is 0 Å². The van der Waals surface area contributed by atoms with Gasteiger partial charge < -0.3 is 4.90 Å². The maximum absolute atomic E-state index is 2.69. The Labute approximate surface area is 496 Å². The predicted molar refractivity (Wildman–Crippen MR) is 351 cm³/mol. The average molecular weight is 1080 g/mol. The van der Waals surface area contributed by atoms with Crippen molar-refractivity contribution in [3.63, 3.8) is 0 Å². The summed E-state index contributed by atoms with van der Waals surface area (Å²) in [4.78, 5) is 2.64. The lowest BCUT2D eigenvalue weighted by Crippen LogP contribution is -2.73. The van der Waals surface area contributed by atoms with Crippen LogP contribution in [0.25, 0.3) is 66.4 Å². The molecule has 4 saturated carbocycles. The number of para-hydroxylation sites is 2. The van der Waals surface area contributed by atoms with Gasteiger partial charge in [0.25, 0.3) is 0 Å². The van der Waals surface area contributed by atoms with Gasteiger partial charge in [0.15, 0.2) is 0 Å². The van der Waals surface area contributed by atoms with Crippen LogP contribution in [0.5, 0.6) is 0 Å². The predicted octanol–water partition coefficient (Wildman–Crippen LogP) is 21.6. The fraction of sp³-hybridized carbons (Fsp3) is 0.229. The zero-order valence-corrected chi connectivity index (χ0v) is 49.3. The summed E-state index contributed by atoms with van der Waals surface area (Å²) in [6.07, 6.45) is 5.71. The third kappa shape index (κ3) is 6.67. The van der Waals surface area contributed by atoms with Crippen molar-refractivity contribution in [3.05, 3.63) is 293 Å². The van der Waals surface area contributed by atoms with Crippen LogP contribution in [0.1, 0.15) is 112 Å². The van der Waals surface area contributed by atoms with Gasteiger partial charge in [-0.05, 0) is 196 Å². The first-order valence-electron chi connectivity index (χ1n) is 31.2. The summed E-state index contributed by atoms with van der Waals surface area (Å²) in [6, 6.07) is 96.3. The van der Waals surface area contributed by atoms with E-state index in [9.17, 15) is 0 Å². The number of rotatable bonds is 8. The molecule has 0 aliphatic heterocycles. The van der Waals surface area contributed by atoms with Crippen molar-refractivity contribution in [2.24, 2.45) is 29.1 Å². The monoisotopic (exact) mass is 1080 g/mol. The van der Waals surface area contributed by atoms with E-state index in [1.54, 1.807) is 11.1 Å². The van der Waals surface area contributed by atoms with Crippen molar-refractivity contribution < 1.29 is 0 Å². The van der Waals surface area contributed by atoms with Crippen LogP contribution in [0.15, 0.2) is 249 Å². The van der Waals surface area contributed by atoms with Gasteiger partial charge in [0.1, 0.15) is 0 Å². The highest BCUT2D eigenvalue weighted by molar-refractivity contribution is 6.09. The number of nitrogens with zero attached hydrogens (tertiary/aromatic N) is 1. The van der Waals surface area contributed by atoms with Gasteiger partial charge in [0.05, 0.1) is 16.8 Å². The molecule has 0 saturated heterocycles. The van der Waals surface area contributed by atoms with E-state index in [0.717, 1.165) is 40.7 Å². The smallest absolute Gasteiger partial charge is 0.0714 e. The van der Waals surface area contributed by atoms with Crippen LogP contribution in [-0.4, -0.2) is 0 Å². The van der Waals surface area contributed by atoms with E-state index < -0.39 is 5.41 Å². The molecule has 6 atom stereocenters. The molecule has 11 aromatic carbocycles. The molecule has 0 aromatic heterocycles. The summed E-state index contributed by atoms with van der Waals surface area (Å²) in [7, 11) is 0. The van der Waals surface area contributed by atoms with Gasteiger partial charge in [-0.25, -0.2) is 0 Å². The molecule has 2 bridgehead atoms. The van der Waals surface area contributed by atoms with Crippen molar-refractivity contribution in [3.8, 4) is 55.6 Å². The Hall–Kier alpha value is -8.52. The molecule has 2 spiro atoms. The lowest BCUT2D eigenvalue weighted by Gasteiger charge is -2.76. The largest absolute Gasteiger partial charge is 0.309 e. The zero-order chi connectivity index (χ0) is 56.5. The summed E-state index contributed by atoms with van der Waals surface area (Å²) in [6.45, 7) is 14.1. The van der Waals surface area contributed by atoms with Crippen molar-refractivity contribution in [1.29, 1.82) is 0 Å². The van der Waals surface area contributed by atoms with E-state index in [1.807, 2.05) is 0 Å². The molecule has 6 aliphatic rings. The molecule has 0 heterocycles. The summed E-state index contributed by atoms with van der Waals surface area (Å²) >= 11 is 0. The molecule has 408 valence electrons. The van der Waals surface area contributed by atoms with E-state index in [-0.39, 0.29) is 16.2 Å². The minimum atomic E-state index is -0.573. The molecule has 0 N–H and O–H groups in total. The van der Waals surface area contributed by atoms with Crippen LogP contribution in [0, 0.1) is 29.1 Å². The average Bonchev–Trinajstić information content (AvgIpc) is 1.40. The standard InChI is InChI=1S/C83H71N/c1-79(2,3)58-45-55(46-59(48-58)80(4,5)6)63-33-21-23-53-24-22-34-69(78(53)63)68-32-16-20-38-75(68)84(61-40-42-67-64-30-13-17-35-70(64)82(73(67)50-61,56-25-9-7-10-26-56)57-27-11-8-12-28-57)74-37-19-15-29-62(74)54-39-41-66-65-31-14-18-36-71(65)83(72(66)47-54)76-44-52-43-60-49-77(83)81(60,76)51-52/h7-42,45-48,50,52,60,76-77H,43-44,49,51H2,1-6H3. The van der Waals surface area contributed by atoms with E-state index >= 15 is 0 Å². The minimum absolute atomic E-state index is 0.0282. The summed E-state index contributed by atoms with van der Waals surface area (Å²) < 4.78 is 0. The van der Waals surface area contributed by atoms with Crippen LogP contribution in [0.4, 0.5) is 17.1 Å². The van der Waals surface area contributed by atoms with Gasteiger partial charge in [-0.2, -0.15) is 0 Å². The van der Waals surface area contributed by atoms with Gasteiger partial charge in [0.2, 0.25) is 0 Å². The SMILES string of the molecule is CC(C)(C)c1cc(-c2cccc3cccc(-c4ccccc4N(c4ccc5c(c4)C(c4ccccc4)(c4ccccc4)c4ccccc4-5)c4ccccc4-c4ccc5c(c4)C4(c6ccccc6-5)C5CC6CC7CC4C75C6)c23)cc(C(C)(C)C)c1. The van der Waals surface area contributed by atoms with Gasteiger partial charge in [-0.15, -0.1) is 0 Å². The second-order valence-electron chi connectivity index (χ2n) is 28.0. The van der Waals surface area contributed by atoms with E-state index in [2.05, 4.69) is 295 Å². The molecule has 4 fully saturated rings. The van der Waals surface area contributed by atoms with Crippen LogP contribution < -0.4 is 4.90 Å². The first-order valence-corrected chi connectivity index (χ1v) is 31.2. The minimum Gasteiger partial charge on any atom is -0.309 e. The molecule has 11 aromatic rings. The molecule has 1 heteroatoms. The topological polar surface area (TPSA) is 3.24 Å². The Balaban J connectivity index is 0.919. The molecule has 17 rings (SSSR count). The van der Waals surface area contributed by atoms with Crippen molar-refractivity contribution in [2.45, 2.75) is 88.9 Å². The van der Waals surface area contributed by atoms with E-state index in [1.165, 1.54) is 125 Å². The third-order valence-corrected chi connectivity index (χ3v) is 22.1. The van der Waals surface area contributed by atoms with Crippen molar-refractivity contribution in [1.82, 2.24) is 0 Å². The summed E-state index contributed by atoms with van der Waals surface area (Å²) in [5.41, 5.74) is 27.4. The maximum atomic E-state index is 2.69. The fourth-order valence-electron chi connectivity index (χ4n) is 18.7. The molecule has 0 amide bonds. The Morgan fingerprint density at radius 2 is 0.893 bits per heavy atom. The summed E-state index contributed by atoms with van der Waals surface area (Å²) in [5, 5.41) is 2.50. The summed E-state index contributed by atoms with van der Waals surface area (Å²) in [5.74, 6) is 3.29. The molecule has 84 heavy (non-hydrogen) atoms. The number of hydrogen-bond acceptors (Lipinski definition) is 1. The molecule has 1 nitrogen and oxygen atoms in total. The second-order valence-corrected chi connectivity index (χ2v) is 28.0. The highest BCUT2D eigenvalue weighted by atomic mass is 15.1. The quantitative estimate of drug-likeness (QED) is 0.147. The van der Waals surface area contributed by atoms with Crippen LogP contribution in [0.2, 0.25) is 0 Å².